The maximum atomic E-state index is 5.88. The zero-order valence-corrected chi connectivity index (χ0v) is 17.9. The number of hydrogen-bond acceptors (Lipinski definition) is 4. The molecule has 1 aromatic carbocycles. The fraction of sp³-hybridized carbons (Fsp3) is 0.609. The number of aromatic nitrogens is 1. The molecule has 0 atom stereocenters. The van der Waals surface area contributed by atoms with Crippen molar-refractivity contribution in [2.45, 2.75) is 58.8 Å². The maximum absolute atomic E-state index is 5.88. The molecule has 3 rings (SSSR count). The molecule has 1 aliphatic heterocycles. The zero-order valence-electron chi connectivity index (χ0n) is 17.9. The first-order valence-electron chi connectivity index (χ1n) is 10.2. The molecule has 1 saturated heterocycles. The van der Waals surface area contributed by atoms with Crippen molar-refractivity contribution in [3.8, 4) is 11.5 Å². The summed E-state index contributed by atoms with van der Waals surface area (Å²) >= 11 is 0. The highest BCUT2D eigenvalue weighted by atomic mass is 16.3. The van der Waals surface area contributed by atoms with Crippen LogP contribution in [0.1, 0.15) is 58.4 Å². The number of hydrogen-bond donors (Lipinski definition) is 1. The summed E-state index contributed by atoms with van der Waals surface area (Å²) in [6, 6.07) is 6.81. The van der Waals surface area contributed by atoms with Gasteiger partial charge in [0.05, 0.1) is 5.69 Å². The number of oxazole rings is 1. The van der Waals surface area contributed by atoms with Gasteiger partial charge in [-0.05, 0) is 34.1 Å². The SMILES string of the molecule is CC(C)(C)c1cc(-c2nc(CCN3CCNCC3)co2)cc(C(C)(C)C)c1. The van der Waals surface area contributed by atoms with Crippen LogP contribution in [0.5, 0.6) is 0 Å². The Bertz CT molecular complexity index is 726. The van der Waals surface area contributed by atoms with Gasteiger partial charge in [0.15, 0.2) is 0 Å². The van der Waals surface area contributed by atoms with Gasteiger partial charge >= 0.3 is 0 Å². The Balaban J connectivity index is 1.82. The van der Waals surface area contributed by atoms with Crippen LogP contribution in [0.2, 0.25) is 0 Å². The van der Waals surface area contributed by atoms with Crippen molar-refractivity contribution in [1.82, 2.24) is 15.2 Å². The quantitative estimate of drug-likeness (QED) is 0.868. The second-order valence-electron chi connectivity index (χ2n) is 9.78. The van der Waals surface area contributed by atoms with E-state index in [0.29, 0.717) is 0 Å². The van der Waals surface area contributed by atoms with Gasteiger partial charge in [0.25, 0.3) is 0 Å². The summed E-state index contributed by atoms with van der Waals surface area (Å²) in [7, 11) is 0. The maximum Gasteiger partial charge on any atom is 0.226 e. The molecule has 0 amide bonds. The minimum absolute atomic E-state index is 0.0910. The Hall–Kier alpha value is -1.65. The van der Waals surface area contributed by atoms with E-state index in [-0.39, 0.29) is 10.8 Å². The van der Waals surface area contributed by atoms with Gasteiger partial charge in [-0.2, -0.15) is 0 Å². The monoisotopic (exact) mass is 369 g/mol. The van der Waals surface area contributed by atoms with Crippen LogP contribution in [-0.4, -0.2) is 42.6 Å². The third kappa shape index (κ3) is 5.20. The van der Waals surface area contributed by atoms with Crippen molar-refractivity contribution in [2.75, 3.05) is 32.7 Å². The van der Waals surface area contributed by atoms with E-state index in [1.54, 1.807) is 0 Å². The van der Waals surface area contributed by atoms with E-state index in [2.05, 4.69) is 70.0 Å². The molecule has 1 N–H and O–H groups in total. The summed E-state index contributed by atoms with van der Waals surface area (Å²) in [5, 5.41) is 3.40. The summed E-state index contributed by atoms with van der Waals surface area (Å²) in [5.74, 6) is 0.738. The van der Waals surface area contributed by atoms with Gasteiger partial charge in [-0.1, -0.05) is 47.6 Å². The van der Waals surface area contributed by atoms with Crippen molar-refractivity contribution >= 4 is 0 Å². The van der Waals surface area contributed by atoms with Crippen LogP contribution >= 0.6 is 0 Å². The number of benzene rings is 1. The number of rotatable bonds is 4. The molecule has 1 aliphatic rings. The van der Waals surface area contributed by atoms with Gasteiger partial charge in [-0.3, -0.25) is 0 Å². The average Bonchev–Trinajstić information content (AvgIpc) is 3.08. The lowest BCUT2D eigenvalue weighted by Crippen LogP contribution is -2.44. The first-order chi connectivity index (χ1) is 12.6. The number of nitrogens with zero attached hydrogens (tertiary/aromatic N) is 2. The second-order valence-corrected chi connectivity index (χ2v) is 9.78. The number of piperazine rings is 1. The summed E-state index contributed by atoms with van der Waals surface area (Å²) < 4.78 is 5.88. The Morgan fingerprint density at radius 2 is 1.56 bits per heavy atom. The predicted octanol–water partition coefficient (Wildman–Crippen LogP) is 4.38. The lowest BCUT2D eigenvalue weighted by atomic mass is 9.79. The van der Waals surface area contributed by atoms with Crippen LogP contribution in [0.15, 0.2) is 28.9 Å². The third-order valence-corrected chi connectivity index (χ3v) is 5.36. The molecule has 2 aromatic rings. The fourth-order valence-electron chi connectivity index (χ4n) is 3.38. The van der Waals surface area contributed by atoms with E-state index < -0.39 is 0 Å². The standard InChI is InChI=1S/C23H35N3O/c1-22(2,3)18-13-17(14-19(15-18)23(4,5)6)21-25-20(16-27-21)7-10-26-11-8-24-9-12-26/h13-16,24H,7-12H2,1-6H3. The summed E-state index contributed by atoms with van der Waals surface area (Å²) in [6.45, 7) is 19.0. The lowest BCUT2D eigenvalue weighted by molar-refractivity contribution is 0.243. The van der Waals surface area contributed by atoms with Crippen molar-refractivity contribution in [3.63, 3.8) is 0 Å². The van der Waals surface area contributed by atoms with Crippen LogP contribution in [0.4, 0.5) is 0 Å². The van der Waals surface area contributed by atoms with Gasteiger partial charge in [0, 0.05) is 44.7 Å². The van der Waals surface area contributed by atoms with E-state index in [1.807, 2.05) is 6.26 Å². The van der Waals surface area contributed by atoms with Gasteiger partial charge in [0.1, 0.15) is 6.26 Å². The molecule has 1 fully saturated rings. The average molecular weight is 370 g/mol. The van der Waals surface area contributed by atoms with Gasteiger partial charge in [0.2, 0.25) is 5.89 Å². The normalized spacial score (nSPS) is 16.7. The highest BCUT2D eigenvalue weighted by Gasteiger charge is 2.22. The molecule has 148 valence electrons. The number of nitrogens with one attached hydrogen (secondary N) is 1. The molecule has 0 radical (unpaired) electrons. The molecule has 4 nitrogen and oxygen atoms in total. The predicted molar refractivity (Wildman–Crippen MR) is 112 cm³/mol. The zero-order chi connectivity index (χ0) is 19.7. The molecular weight excluding hydrogens is 334 g/mol. The summed E-state index contributed by atoms with van der Waals surface area (Å²) in [6.07, 6.45) is 2.77. The van der Waals surface area contributed by atoms with Crippen molar-refractivity contribution in [1.29, 1.82) is 0 Å². The van der Waals surface area contributed by atoms with Crippen molar-refractivity contribution < 1.29 is 4.42 Å². The Kier molecular flexibility index (Phi) is 5.78. The van der Waals surface area contributed by atoms with E-state index in [4.69, 9.17) is 9.40 Å². The Labute approximate surface area is 164 Å². The van der Waals surface area contributed by atoms with Gasteiger partial charge in [-0.25, -0.2) is 4.98 Å². The van der Waals surface area contributed by atoms with Crippen molar-refractivity contribution in [2.24, 2.45) is 0 Å². The smallest absolute Gasteiger partial charge is 0.226 e. The van der Waals surface area contributed by atoms with E-state index in [9.17, 15) is 0 Å². The first kappa shape index (κ1) is 20.1. The highest BCUT2D eigenvalue weighted by molar-refractivity contribution is 5.58. The van der Waals surface area contributed by atoms with E-state index in [1.165, 1.54) is 11.1 Å². The Morgan fingerprint density at radius 3 is 2.11 bits per heavy atom. The van der Waals surface area contributed by atoms with E-state index in [0.717, 1.165) is 56.3 Å². The second kappa shape index (κ2) is 7.76. The van der Waals surface area contributed by atoms with Gasteiger partial charge in [-0.15, -0.1) is 0 Å². The van der Waals surface area contributed by atoms with Gasteiger partial charge < -0.3 is 14.6 Å². The molecule has 1 aromatic heterocycles. The summed E-state index contributed by atoms with van der Waals surface area (Å²) in [5.41, 5.74) is 4.96. The third-order valence-electron chi connectivity index (χ3n) is 5.36. The molecule has 2 heterocycles. The topological polar surface area (TPSA) is 41.3 Å². The Morgan fingerprint density at radius 1 is 0.963 bits per heavy atom. The van der Waals surface area contributed by atoms with Crippen LogP contribution in [0.25, 0.3) is 11.5 Å². The molecule has 0 bridgehead atoms. The minimum atomic E-state index is 0.0910. The van der Waals surface area contributed by atoms with Crippen LogP contribution < -0.4 is 5.32 Å². The molecule has 0 spiro atoms. The van der Waals surface area contributed by atoms with Crippen LogP contribution in [0, 0.1) is 0 Å². The van der Waals surface area contributed by atoms with E-state index >= 15 is 0 Å². The molecule has 0 unspecified atom stereocenters. The largest absolute Gasteiger partial charge is 0.444 e. The molecule has 0 aliphatic carbocycles. The minimum Gasteiger partial charge on any atom is -0.444 e. The molecule has 27 heavy (non-hydrogen) atoms. The van der Waals surface area contributed by atoms with Crippen LogP contribution in [0.3, 0.4) is 0 Å². The highest BCUT2D eigenvalue weighted by Crippen LogP contribution is 2.33. The lowest BCUT2D eigenvalue weighted by Gasteiger charge is -2.26. The summed E-state index contributed by atoms with van der Waals surface area (Å²) in [4.78, 5) is 7.29. The molecule has 4 heteroatoms. The molecular formula is C23H35N3O. The first-order valence-corrected chi connectivity index (χ1v) is 10.2. The molecule has 0 saturated carbocycles. The van der Waals surface area contributed by atoms with Crippen molar-refractivity contribution in [3.05, 3.63) is 41.3 Å². The fourth-order valence-corrected chi connectivity index (χ4v) is 3.38. The van der Waals surface area contributed by atoms with Crippen LogP contribution in [-0.2, 0) is 17.3 Å².